The van der Waals surface area contributed by atoms with Crippen molar-refractivity contribution in [2.45, 2.75) is 31.7 Å². The molecule has 3 unspecified atom stereocenters. The van der Waals surface area contributed by atoms with Crippen molar-refractivity contribution in [2.75, 3.05) is 24.2 Å². The van der Waals surface area contributed by atoms with E-state index in [1.54, 1.807) is 17.9 Å². The fourth-order valence-electron chi connectivity index (χ4n) is 3.42. The monoisotopic (exact) mass is 473 g/mol. The molecule has 3 heterocycles. The lowest BCUT2D eigenvalue weighted by atomic mass is 9.89. The molecule has 0 spiro atoms. The predicted molar refractivity (Wildman–Crippen MR) is 114 cm³/mol. The van der Waals surface area contributed by atoms with Gasteiger partial charge in [0, 0.05) is 36.4 Å². The van der Waals surface area contributed by atoms with Crippen LogP contribution in [0.5, 0.6) is 0 Å². The molecular weight excluding hydrogens is 450 g/mol. The Hall–Kier alpha value is -2.51. The van der Waals surface area contributed by atoms with E-state index in [2.05, 4.69) is 24.7 Å². The third-order valence-electron chi connectivity index (χ3n) is 5.12. The van der Waals surface area contributed by atoms with Crippen LogP contribution in [-0.2, 0) is 11.4 Å². The Labute approximate surface area is 185 Å². The number of aromatic amines is 1. The molecule has 2 aromatic heterocycles. The summed E-state index contributed by atoms with van der Waals surface area (Å²) >= 11 is -1.40. The topological polar surface area (TPSA) is 117 Å². The molecule has 8 nitrogen and oxygen atoms in total. The van der Waals surface area contributed by atoms with Gasteiger partial charge in [-0.1, -0.05) is 0 Å². The standard InChI is InChI=1S/C19H23F4N7OS/c1-11-6-19(22,23)12(7-28-32(2)31)9-30(11)17-5-14(26-10-27-17)15-8-25-16(29-15)4-3-13(24)18(20)21/h3-5,8,10-12,18,24,28H,6-7,9H2,1-2H3,(H,25,29)/b4-3-,24-13?. The SMILES string of the molecule is CC1CC(F)(F)C(CN[S+](C)[O-])CN1c1cc(-c2cnc(/C=C\C(=N)C(F)F)[nH]2)ncn1. The van der Waals surface area contributed by atoms with Crippen molar-refractivity contribution >= 4 is 29.0 Å². The summed E-state index contributed by atoms with van der Waals surface area (Å²) in [6.45, 7) is 1.61. The van der Waals surface area contributed by atoms with Crippen LogP contribution in [0.4, 0.5) is 23.4 Å². The molecule has 1 aliphatic rings. The molecule has 0 aromatic carbocycles. The summed E-state index contributed by atoms with van der Waals surface area (Å²) in [6.07, 6.45) is 3.11. The molecule has 0 saturated carbocycles. The molecule has 0 radical (unpaired) electrons. The van der Waals surface area contributed by atoms with Gasteiger partial charge < -0.3 is 14.4 Å². The van der Waals surface area contributed by atoms with E-state index in [9.17, 15) is 22.1 Å². The number of nitrogens with zero attached hydrogens (tertiary/aromatic N) is 4. The van der Waals surface area contributed by atoms with E-state index in [4.69, 9.17) is 5.41 Å². The van der Waals surface area contributed by atoms with Crippen molar-refractivity contribution < 1.29 is 22.1 Å². The molecule has 3 rings (SSSR count). The van der Waals surface area contributed by atoms with Gasteiger partial charge >= 0.3 is 0 Å². The lowest BCUT2D eigenvalue weighted by Gasteiger charge is -2.43. The maximum absolute atomic E-state index is 14.5. The summed E-state index contributed by atoms with van der Waals surface area (Å²) in [4.78, 5) is 17.1. The van der Waals surface area contributed by atoms with Gasteiger partial charge in [0.05, 0.1) is 35.8 Å². The highest BCUT2D eigenvalue weighted by molar-refractivity contribution is 7.88. The number of H-pyrrole nitrogens is 1. The van der Waals surface area contributed by atoms with Gasteiger partial charge in [0.1, 0.15) is 24.2 Å². The summed E-state index contributed by atoms with van der Waals surface area (Å²) in [7, 11) is 0. The van der Waals surface area contributed by atoms with Gasteiger partial charge in [0.15, 0.2) is 0 Å². The summed E-state index contributed by atoms with van der Waals surface area (Å²) in [5.74, 6) is -3.24. The van der Waals surface area contributed by atoms with Crippen LogP contribution in [0.3, 0.4) is 0 Å². The normalized spacial score (nSPS) is 21.9. The number of alkyl halides is 4. The van der Waals surface area contributed by atoms with E-state index < -0.39 is 41.4 Å². The zero-order chi connectivity index (χ0) is 23.5. The number of piperidine rings is 1. The van der Waals surface area contributed by atoms with Crippen molar-refractivity contribution in [3.8, 4) is 11.4 Å². The van der Waals surface area contributed by atoms with Crippen LogP contribution in [0.2, 0.25) is 0 Å². The van der Waals surface area contributed by atoms with Crippen LogP contribution in [0, 0.1) is 11.3 Å². The molecule has 13 heteroatoms. The quantitative estimate of drug-likeness (QED) is 0.308. The Kier molecular flexibility index (Phi) is 7.51. The van der Waals surface area contributed by atoms with Gasteiger partial charge in [-0.3, -0.25) is 5.41 Å². The van der Waals surface area contributed by atoms with Crippen LogP contribution in [0.15, 0.2) is 24.7 Å². The molecule has 32 heavy (non-hydrogen) atoms. The van der Waals surface area contributed by atoms with Crippen LogP contribution in [0.1, 0.15) is 19.2 Å². The number of halogens is 4. The largest absolute Gasteiger partial charge is 0.598 e. The lowest BCUT2D eigenvalue weighted by molar-refractivity contribution is -0.0784. The number of rotatable bonds is 8. The summed E-state index contributed by atoms with van der Waals surface area (Å²) in [5.41, 5.74) is 0.0885. The number of imidazole rings is 1. The second-order valence-corrected chi connectivity index (χ2v) is 8.70. The first-order valence-corrected chi connectivity index (χ1v) is 11.3. The molecule has 3 N–H and O–H groups in total. The molecule has 3 atom stereocenters. The number of hydrogen-bond donors (Lipinski definition) is 3. The second-order valence-electron chi connectivity index (χ2n) is 7.50. The van der Waals surface area contributed by atoms with E-state index in [0.717, 1.165) is 6.08 Å². The van der Waals surface area contributed by atoms with Crippen molar-refractivity contribution in [3.05, 3.63) is 30.5 Å². The van der Waals surface area contributed by atoms with Gasteiger partial charge in [-0.2, -0.15) is 0 Å². The van der Waals surface area contributed by atoms with Crippen molar-refractivity contribution in [3.63, 3.8) is 0 Å². The van der Waals surface area contributed by atoms with E-state index in [1.807, 2.05) is 0 Å². The van der Waals surface area contributed by atoms with Crippen LogP contribution in [0.25, 0.3) is 17.5 Å². The van der Waals surface area contributed by atoms with Crippen molar-refractivity contribution in [2.24, 2.45) is 5.92 Å². The Morgan fingerprint density at radius 3 is 2.88 bits per heavy atom. The molecule has 1 saturated heterocycles. The predicted octanol–water partition coefficient (Wildman–Crippen LogP) is 2.90. The van der Waals surface area contributed by atoms with Crippen molar-refractivity contribution in [1.29, 1.82) is 5.41 Å². The second kappa shape index (κ2) is 9.96. The van der Waals surface area contributed by atoms with Crippen LogP contribution < -0.4 is 9.62 Å². The minimum Gasteiger partial charge on any atom is -0.598 e. The number of aromatic nitrogens is 4. The third kappa shape index (κ3) is 5.84. The highest BCUT2D eigenvalue weighted by Gasteiger charge is 2.47. The first kappa shape index (κ1) is 24.1. The molecule has 0 aliphatic carbocycles. The summed E-state index contributed by atoms with van der Waals surface area (Å²) < 4.78 is 67.7. The maximum Gasteiger partial charge on any atom is 0.279 e. The Morgan fingerprint density at radius 2 is 2.19 bits per heavy atom. The Bertz CT molecular complexity index is 969. The molecule has 0 amide bonds. The Balaban J connectivity index is 1.79. The smallest absolute Gasteiger partial charge is 0.279 e. The van der Waals surface area contributed by atoms with Crippen LogP contribution >= 0.6 is 0 Å². The van der Waals surface area contributed by atoms with E-state index in [0.29, 0.717) is 17.2 Å². The average Bonchev–Trinajstić information content (AvgIpc) is 3.19. The minimum absolute atomic E-state index is 0.0154. The highest BCUT2D eigenvalue weighted by atomic mass is 32.2. The number of nitrogens with one attached hydrogen (secondary N) is 3. The zero-order valence-electron chi connectivity index (χ0n) is 17.4. The van der Waals surface area contributed by atoms with E-state index >= 15 is 0 Å². The fraction of sp³-hybridized carbons (Fsp3) is 0.474. The van der Waals surface area contributed by atoms with Gasteiger partial charge in [-0.25, -0.2) is 32.5 Å². The minimum atomic E-state index is -2.91. The molecule has 2 aromatic rings. The summed E-state index contributed by atoms with van der Waals surface area (Å²) in [6, 6.07) is 1.14. The Morgan fingerprint density at radius 1 is 1.44 bits per heavy atom. The molecule has 1 aliphatic heterocycles. The van der Waals surface area contributed by atoms with Crippen LogP contribution in [-0.4, -0.2) is 67.9 Å². The molecule has 1 fully saturated rings. The highest BCUT2D eigenvalue weighted by Crippen LogP contribution is 2.38. The first-order chi connectivity index (χ1) is 15.1. The molecule has 174 valence electrons. The van der Waals surface area contributed by atoms with Crippen molar-refractivity contribution in [1.82, 2.24) is 24.7 Å². The molecular formula is C19H23F4N7OS. The zero-order valence-corrected chi connectivity index (χ0v) is 18.2. The lowest BCUT2D eigenvalue weighted by Crippen LogP contribution is -2.55. The molecule has 0 bridgehead atoms. The maximum atomic E-state index is 14.5. The third-order valence-corrected chi connectivity index (χ3v) is 5.69. The van der Waals surface area contributed by atoms with E-state index in [-0.39, 0.29) is 25.3 Å². The first-order valence-electron chi connectivity index (χ1n) is 9.70. The number of allylic oxidation sites excluding steroid dienone is 1. The van der Waals surface area contributed by atoms with Gasteiger partial charge in [0.25, 0.3) is 12.3 Å². The summed E-state index contributed by atoms with van der Waals surface area (Å²) in [5, 5.41) is 7.14. The van der Waals surface area contributed by atoms with Gasteiger partial charge in [-0.15, -0.1) is 4.72 Å². The fourth-order valence-corrected chi connectivity index (χ4v) is 3.85. The van der Waals surface area contributed by atoms with Gasteiger partial charge in [0.2, 0.25) is 0 Å². The van der Waals surface area contributed by atoms with Gasteiger partial charge in [-0.05, 0) is 19.1 Å². The number of hydrogen-bond acceptors (Lipinski definition) is 7. The van der Waals surface area contributed by atoms with E-state index in [1.165, 1.54) is 24.9 Å². The number of anilines is 1. The average molecular weight is 474 g/mol.